The normalized spacial score (nSPS) is 12.1. The summed E-state index contributed by atoms with van der Waals surface area (Å²) >= 11 is 0. The molecule has 0 radical (unpaired) electrons. The largest absolute Gasteiger partial charge is 0.469 e. The second-order valence-electron chi connectivity index (χ2n) is 23.8. The molecule has 21 nitrogen and oxygen atoms in total. The number of ether oxygens (including phenoxy) is 8. The van der Waals surface area contributed by atoms with E-state index in [1.165, 1.54) is 39.2 Å². The molecule has 0 saturated heterocycles. The van der Waals surface area contributed by atoms with Crippen LogP contribution in [0.2, 0.25) is 0 Å². The van der Waals surface area contributed by atoms with Crippen molar-refractivity contribution in [2.75, 3.05) is 40.1 Å². The Hall–Kier alpha value is -5.18. The number of nitrogens with two attached hydrogens (primary N) is 1. The second kappa shape index (κ2) is 62.6. The fourth-order valence-electron chi connectivity index (χ4n) is 9.66. The highest BCUT2D eigenvalue weighted by Crippen LogP contribution is 2.17. The van der Waals surface area contributed by atoms with Crippen molar-refractivity contribution in [3.8, 4) is 0 Å². The number of rotatable bonds is 65. The number of methoxy groups -OCH3 is 1. The quantitative estimate of drug-likeness (QED) is 0.0188. The number of hydroxylamine groups is 1. The van der Waals surface area contributed by atoms with Crippen LogP contribution in [0.25, 0.3) is 0 Å². The first-order valence-electron chi connectivity index (χ1n) is 35.1. The Labute approximate surface area is 540 Å². The molecular formula is C69H122N2O19. The third-order valence-corrected chi connectivity index (χ3v) is 15.2. The van der Waals surface area contributed by atoms with Crippen LogP contribution in [-0.4, -0.2) is 118 Å². The highest BCUT2D eigenvalue weighted by Gasteiger charge is 2.22. The van der Waals surface area contributed by atoms with E-state index in [1.54, 1.807) is 0 Å². The summed E-state index contributed by atoms with van der Waals surface area (Å²) in [7, 11) is 1.36. The number of hydrogen-bond donors (Lipinski definition) is 2. The van der Waals surface area contributed by atoms with Crippen LogP contribution in [-0.2, 0) is 90.7 Å². The topological polar surface area (TPSA) is 292 Å². The molecule has 3 atom stereocenters. The SMILES string of the molecule is CCCCCCCCCC(=O)CCCCCCCC(=O)OCC(COC(=O)CCCCCCCC(=O)OCC(COC(=O)CCCCCCCC(=O)OC)OC(=O)CCCCCCCC(=O)OC(N)CCC)OC(=O)CCCCCCCC(=O)ONCCCC. The van der Waals surface area contributed by atoms with Crippen LogP contribution in [0.1, 0.15) is 323 Å². The Morgan fingerprint density at radius 1 is 0.300 bits per heavy atom. The molecule has 0 heterocycles. The van der Waals surface area contributed by atoms with Gasteiger partial charge in [0, 0.05) is 77.2 Å². The summed E-state index contributed by atoms with van der Waals surface area (Å²) in [5, 5.41) is 0. The van der Waals surface area contributed by atoms with E-state index in [-0.39, 0.29) is 89.3 Å². The van der Waals surface area contributed by atoms with Crippen LogP contribution in [0.3, 0.4) is 0 Å². The van der Waals surface area contributed by atoms with Crippen molar-refractivity contribution in [1.82, 2.24) is 5.48 Å². The minimum atomic E-state index is -0.995. The van der Waals surface area contributed by atoms with Crippen molar-refractivity contribution in [1.29, 1.82) is 0 Å². The van der Waals surface area contributed by atoms with Crippen LogP contribution in [0.15, 0.2) is 0 Å². The summed E-state index contributed by atoms with van der Waals surface area (Å²) in [5.41, 5.74) is 8.46. The van der Waals surface area contributed by atoms with Crippen LogP contribution < -0.4 is 11.2 Å². The van der Waals surface area contributed by atoms with Gasteiger partial charge in [0.2, 0.25) is 0 Å². The number of carbonyl (C=O) groups excluding carboxylic acids is 10. The van der Waals surface area contributed by atoms with Gasteiger partial charge in [-0.2, -0.15) is 5.48 Å². The molecule has 0 rings (SSSR count). The molecule has 3 unspecified atom stereocenters. The molecule has 0 aliphatic heterocycles. The predicted molar refractivity (Wildman–Crippen MR) is 343 cm³/mol. The second-order valence-corrected chi connectivity index (χ2v) is 23.8. The molecule has 90 heavy (non-hydrogen) atoms. The smallest absolute Gasteiger partial charge is 0.324 e. The van der Waals surface area contributed by atoms with Crippen molar-refractivity contribution in [3.05, 3.63) is 0 Å². The van der Waals surface area contributed by atoms with E-state index in [9.17, 15) is 47.9 Å². The van der Waals surface area contributed by atoms with E-state index in [0.717, 1.165) is 122 Å². The monoisotopic (exact) mass is 1280 g/mol. The molecule has 0 spiro atoms. The van der Waals surface area contributed by atoms with Gasteiger partial charge in [0.25, 0.3) is 0 Å². The molecule has 21 heteroatoms. The summed E-state index contributed by atoms with van der Waals surface area (Å²) < 4.78 is 43.0. The van der Waals surface area contributed by atoms with Crippen molar-refractivity contribution in [2.45, 2.75) is 341 Å². The molecule has 522 valence electrons. The van der Waals surface area contributed by atoms with Gasteiger partial charge in [0.1, 0.15) is 32.2 Å². The maximum absolute atomic E-state index is 12.9. The Morgan fingerprint density at radius 2 is 0.567 bits per heavy atom. The first-order chi connectivity index (χ1) is 43.6. The van der Waals surface area contributed by atoms with E-state index < -0.39 is 54.3 Å². The molecule has 0 amide bonds. The van der Waals surface area contributed by atoms with Gasteiger partial charge in [0.15, 0.2) is 18.4 Å². The molecule has 0 bridgehead atoms. The van der Waals surface area contributed by atoms with Gasteiger partial charge in [-0.25, -0.2) is 0 Å². The lowest BCUT2D eigenvalue weighted by Gasteiger charge is -2.18. The molecule has 0 fully saturated rings. The Morgan fingerprint density at radius 3 is 0.878 bits per heavy atom. The Bertz CT molecular complexity index is 1880. The maximum Gasteiger partial charge on any atom is 0.324 e. The lowest BCUT2D eigenvalue weighted by molar-refractivity contribution is -0.167. The van der Waals surface area contributed by atoms with Crippen LogP contribution >= 0.6 is 0 Å². The molecule has 0 aromatic carbocycles. The van der Waals surface area contributed by atoms with Crippen LogP contribution in [0.5, 0.6) is 0 Å². The molecule has 0 aliphatic carbocycles. The number of hydrogen-bond acceptors (Lipinski definition) is 21. The fraction of sp³-hybridized carbons (Fsp3) is 0.855. The zero-order valence-electron chi connectivity index (χ0n) is 56.3. The Kier molecular flexibility index (Phi) is 59.0. The van der Waals surface area contributed by atoms with E-state index >= 15 is 0 Å². The zero-order valence-corrected chi connectivity index (χ0v) is 56.3. The van der Waals surface area contributed by atoms with E-state index in [4.69, 9.17) is 43.7 Å². The highest BCUT2D eigenvalue weighted by molar-refractivity contribution is 5.78. The number of Topliss-reactive ketones (excluding diaryl/α,β-unsaturated/α-hetero) is 1. The minimum absolute atomic E-state index is 0.105. The van der Waals surface area contributed by atoms with Gasteiger partial charge < -0.3 is 42.7 Å². The molecule has 3 N–H and O–H groups in total. The first-order valence-corrected chi connectivity index (χ1v) is 35.1. The van der Waals surface area contributed by atoms with Crippen molar-refractivity contribution < 1.29 is 90.7 Å². The predicted octanol–water partition coefficient (Wildman–Crippen LogP) is 14.0. The average Bonchev–Trinajstić information content (AvgIpc) is 3.71. The van der Waals surface area contributed by atoms with Crippen molar-refractivity contribution in [2.24, 2.45) is 5.73 Å². The van der Waals surface area contributed by atoms with Crippen LogP contribution in [0, 0.1) is 0 Å². The highest BCUT2D eigenvalue weighted by atomic mass is 16.7. The summed E-state index contributed by atoms with van der Waals surface area (Å²) in [6, 6.07) is 0. The number of unbranched alkanes of at least 4 members (excludes halogenated alkanes) is 27. The third kappa shape index (κ3) is 59.1. The van der Waals surface area contributed by atoms with Gasteiger partial charge in [-0.05, 0) is 83.5 Å². The first kappa shape index (κ1) is 84.8. The molecule has 0 aromatic heterocycles. The lowest BCUT2D eigenvalue weighted by atomic mass is 10.0. The zero-order chi connectivity index (χ0) is 66.3. The summed E-state index contributed by atoms with van der Waals surface area (Å²) in [6.45, 7) is 5.76. The molecule has 0 aromatic rings. The Balaban J connectivity index is 4.97. The standard InChI is InChI=1S/C69H122N2O19/c1-5-8-10-11-12-18-29-41-57(72)42-30-19-13-21-32-44-62(74)83-53-58(88-67(79)49-37-26-17-28-39-51-69(81)90-71-52-9-6-2)55-85-64(76)46-34-23-15-24-35-47-65(77)86-56-59(54-84-63(75)45-33-22-14-20-31-43-61(73)82-4)87-66(78)48-36-25-16-27-38-50-68(80)89-60(70)40-7-3/h58-60,71H,5-56,70H2,1-4H3. The van der Waals surface area contributed by atoms with Crippen molar-refractivity contribution >= 4 is 59.5 Å². The van der Waals surface area contributed by atoms with Gasteiger partial charge in [-0.15, -0.1) is 0 Å². The minimum Gasteiger partial charge on any atom is -0.469 e. The number of ketones is 1. The van der Waals surface area contributed by atoms with Gasteiger partial charge in [-0.3, -0.25) is 53.7 Å². The van der Waals surface area contributed by atoms with Crippen LogP contribution in [0.4, 0.5) is 0 Å². The van der Waals surface area contributed by atoms with E-state index in [1.807, 2.05) is 6.92 Å². The summed E-state index contributed by atoms with van der Waals surface area (Å²) in [4.78, 5) is 129. The van der Waals surface area contributed by atoms with Gasteiger partial charge in [0.05, 0.1) is 7.11 Å². The van der Waals surface area contributed by atoms with Crippen molar-refractivity contribution in [3.63, 3.8) is 0 Å². The number of carbonyl (C=O) groups is 10. The van der Waals surface area contributed by atoms with Gasteiger partial charge >= 0.3 is 53.7 Å². The maximum atomic E-state index is 12.9. The summed E-state index contributed by atoms with van der Waals surface area (Å²) in [6.07, 6.45) is 30.3. The number of nitrogens with one attached hydrogen (secondary N) is 1. The fourth-order valence-corrected chi connectivity index (χ4v) is 9.66. The lowest BCUT2D eigenvalue weighted by Crippen LogP contribution is -2.30. The van der Waals surface area contributed by atoms with E-state index in [2.05, 4.69) is 24.1 Å². The third-order valence-electron chi connectivity index (χ3n) is 15.2. The summed E-state index contributed by atoms with van der Waals surface area (Å²) in [5.74, 6) is -3.43. The average molecular weight is 1280 g/mol. The molecule has 0 aliphatic rings. The van der Waals surface area contributed by atoms with Gasteiger partial charge in [-0.1, -0.05) is 168 Å². The molecule has 0 saturated carbocycles. The number of esters is 8. The molecular weight excluding hydrogens is 1160 g/mol. The van der Waals surface area contributed by atoms with E-state index in [0.29, 0.717) is 115 Å².